The Bertz CT molecular complexity index is 645. The smallest absolute Gasteiger partial charge is 0.187 e. The van der Waals surface area contributed by atoms with Crippen LogP contribution >= 0.6 is 0 Å². The van der Waals surface area contributed by atoms with Gasteiger partial charge in [-0.2, -0.15) is 0 Å². The summed E-state index contributed by atoms with van der Waals surface area (Å²) in [5.74, 6) is -0.994. The third-order valence-electron chi connectivity index (χ3n) is 7.70. The van der Waals surface area contributed by atoms with Gasteiger partial charge in [0.1, 0.15) is 35.6 Å². The maximum atomic E-state index is 10.4. The van der Waals surface area contributed by atoms with Crippen molar-refractivity contribution < 1.29 is 49.2 Å². The Balaban J connectivity index is 1.50. The second kappa shape index (κ2) is 5.39. The molecule has 10 nitrogen and oxygen atoms in total. The lowest BCUT2D eigenvalue weighted by molar-refractivity contribution is -0.427. The van der Waals surface area contributed by atoms with Crippen molar-refractivity contribution in [3.05, 3.63) is 0 Å². The first kappa shape index (κ1) is 18.6. The Morgan fingerprint density at radius 3 is 2.44 bits per heavy atom. The second-order valence-corrected chi connectivity index (χ2v) is 8.59. The quantitative estimate of drug-likeness (QED) is 0.339. The van der Waals surface area contributed by atoms with E-state index in [0.717, 1.165) is 0 Å². The summed E-state index contributed by atoms with van der Waals surface area (Å²) in [6, 6.07) is 0. The Labute approximate surface area is 155 Å². The lowest BCUT2D eigenvalue weighted by atomic mass is 9.41. The third kappa shape index (κ3) is 1.78. The summed E-state index contributed by atoms with van der Waals surface area (Å²) in [7, 11) is 1.57. The molecule has 0 amide bonds. The lowest BCUT2D eigenvalue weighted by Crippen LogP contribution is -2.81. The second-order valence-electron chi connectivity index (χ2n) is 8.59. The number of rotatable bonds is 5. The SMILES string of the molecule is COC12CC3(C)OC(O1)C1(CO)C2CC31O[C@@H]1O[C@H](CO)[C@@H](O)[C@H](O)[C@H]1O. The van der Waals surface area contributed by atoms with Crippen LogP contribution in [0.4, 0.5) is 0 Å². The lowest BCUT2D eigenvalue weighted by Gasteiger charge is -2.68. The van der Waals surface area contributed by atoms with Gasteiger partial charge >= 0.3 is 0 Å². The van der Waals surface area contributed by atoms with Crippen LogP contribution in [0.5, 0.6) is 0 Å². The van der Waals surface area contributed by atoms with Crippen LogP contribution in [0.15, 0.2) is 0 Å². The zero-order valence-electron chi connectivity index (χ0n) is 15.1. The zero-order chi connectivity index (χ0) is 19.4. The maximum Gasteiger partial charge on any atom is 0.187 e. The van der Waals surface area contributed by atoms with Gasteiger partial charge in [0, 0.05) is 19.4 Å². The van der Waals surface area contributed by atoms with Crippen molar-refractivity contribution in [1.82, 2.24) is 0 Å². The molecular weight excluding hydrogens is 364 g/mol. The molecule has 4 aliphatic heterocycles. The van der Waals surface area contributed by atoms with Crippen LogP contribution in [-0.4, -0.2) is 99.8 Å². The molecule has 4 heterocycles. The molecule has 0 aromatic carbocycles. The molecule has 7 rings (SSSR count). The maximum absolute atomic E-state index is 10.4. The Kier molecular flexibility index (Phi) is 3.72. The summed E-state index contributed by atoms with van der Waals surface area (Å²) in [6.07, 6.45) is -6.78. The highest BCUT2D eigenvalue weighted by Gasteiger charge is 2.94. The molecule has 3 aliphatic carbocycles. The number of methoxy groups -OCH3 is 1. The molecule has 154 valence electrons. The molecule has 0 radical (unpaired) electrons. The molecule has 11 atom stereocenters. The van der Waals surface area contributed by atoms with Crippen LogP contribution in [0.2, 0.25) is 0 Å². The molecule has 7 aliphatic rings. The molecule has 7 fully saturated rings. The predicted octanol–water partition coefficient (Wildman–Crippen LogP) is -2.57. The van der Waals surface area contributed by atoms with Crippen molar-refractivity contribution in [3.63, 3.8) is 0 Å². The molecule has 0 spiro atoms. The van der Waals surface area contributed by atoms with E-state index in [1.807, 2.05) is 6.92 Å². The first-order valence-electron chi connectivity index (χ1n) is 9.24. The molecule has 6 bridgehead atoms. The Morgan fingerprint density at radius 2 is 1.81 bits per heavy atom. The number of aliphatic hydroxyl groups is 5. The van der Waals surface area contributed by atoms with Crippen molar-refractivity contribution in [2.45, 2.75) is 73.8 Å². The fraction of sp³-hybridized carbons (Fsp3) is 1.00. The van der Waals surface area contributed by atoms with Gasteiger partial charge in [-0.05, 0) is 13.3 Å². The van der Waals surface area contributed by atoms with E-state index < -0.39 is 66.0 Å². The van der Waals surface area contributed by atoms with Crippen molar-refractivity contribution >= 4 is 0 Å². The average molecular weight is 390 g/mol. The van der Waals surface area contributed by atoms with Gasteiger partial charge < -0.3 is 49.2 Å². The minimum Gasteiger partial charge on any atom is -0.395 e. The summed E-state index contributed by atoms with van der Waals surface area (Å²) < 4.78 is 29.6. The van der Waals surface area contributed by atoms with Gasteiger partial charge in [-0.3, -0.25) is 0 Å². The van der Waals surface area contributed by atoms with Crippen LogP contribution in [0, 0.1) is 11.3 Å². The van der Waals surface area contributed by atoms with Crippen LogP contribution < -0.4 is 0 Å². The fourth-order valence-corrected chi connectivity index (χ4v) is 6.29. The third-order valence-corrected chi connectivity index (χ3v) is 7.70. The van der Waals surface area contributed by atoms with E-state index >= 15 is 0 Å². The standard InChI is InChI=1S/C17H26O10/c1-14-5-16(23-2)8-3-17(14,15(8,6-19)13(26-14)27-16)25-12-11(22)10(21)9(20)7(4-18)24-12/h7-13,18-22H,3-6H2,1-2H3/t7-,8?,9-,10+,11-,12+,13?,14?,15?,16?,17?/m1/s1. The van der Waals surface area contributed by atoms with E-state index in [0.29, 0.717) is 12.8 Å². The van der Waals surface area contributed by atoms with Crippen molar-refractivity contribution in [2.75, 3.05) is 20.3 Å². The first-order valence-corrected chi connectivity index (χ1v) is 9.24. The van der Waals surface area contributed by atoms with Crippen LogP contribution in [0.1, 0.15) is 19.8 Å². The predicted molar refractivity (Wildman–Crippen MR) is 83.9 cm³/mol. The number of ether oxygens (including phenoxy) is 5. The van der Waals surface area contributed by atoms with Crippen molar-refractivity contribution in [3.8, 4) is 0 Å². The topological polar surface area (TPSA) is 147 Å². The van der Waals surface area contributed by atoms with Crippen LogP contribution in [0.25, 0.3) is 0 Å². The normalized spacial score (nSPS) is 63.4. The number of aliphatic hydroxyl groups excluding tert-OH is 5. The van der Waals surface area contributed by atoms with Gasteiger partial charge in [-0.25, -0.2) is 0 Å². The highest BCUT2D eigenvalue weighted by Crippen LogP contribution is 2.82. The zero-order valence-corrected chi connectivity index (χ0v) is 15.1. The molecule has 27 heavy (non-hydrogen) atoms. The number of hydrogen-bond acceptors (Lipinski definition) is 10. The molecule has 6 unspecified atom stereocenters. The summed E-state index contributed by atoms with van der Waals surface area (Å²) in [4.78, 5) is 0. The molecule has 5 N–H and O–H groups in total. The summed E-state index contributed by atoms with van der Waals surface area (Å²) >= 11 is 0. The van der Waals surface area contributed by atoms with Gasteiger partial charge in [0.05, 0.1) is 18.6 Å². The van der Waals surface area contributed by atoms with Gasteiger partial charge in [0.15, 0.2) is 18.4 Å². The van der Waals surface area contributed by atoms with Gasteiger partial charge in [-0.15, -0.1) is 0 Å². The van der Waals surface area contributed by atoms with E-state index in [-0.39, 0.29) is 12.5 Å². The summed E-state index contributed by atoms with van der Waals surface area (Å²) in [5, 5.41) is 50.2. The van der Waals surface area contributed by atoms with Gasteiger partial charge in [-0.1, -0.05) is 0 Å². The minimum absolute atomic E-state index is 0.148. The first-order chi connectivity index (χ1) is 12.7. The van der Waals surface area contributed by atoms with E-state index in [1.165, 1.54) is 0 Å². The average Bonchev–Trinajstić information content (AvgIpc) is 2.85. The minimum atomic E-state index is -1.54. The molecule has 10 heteroatoms. The molecule has 0 aromatic rings. The summed E-state index contributed by atoms with van der Waals surface area (Å²) in [5.41, 5.74) is -2.76. The monoisotopic (exact) mass is 390 g/mol. The van der Waals surface area contributed by atoms with E-state index in [2.05, 4.69) is 0 Å². The number of hydrogen-bond donors (Lipinski definition) is 5. The Hall–Kier alpha value is -0.400. The van der Waals surface area contributed by atoms with Gasteiger partial charge in [0.25, 0.3) is 0 Å². The highest BCUT2D eigenvalue weighted by atomic mass is 16.8. The highest BCUT2D eigenvalue weighted by molar-refractivity contribution is 5.37. The van der Waals surface area contributed by atoms with E-state index in [1.54, 1.807) is 7.11 Å². The van der Waals surface area contributed by atoms with E-state index in [9.17, 15) is 25.5 Å². The van der Waals surface area contributed by atoms with Gasteiger partial charge in [0.2, 0.25) is 0 Å². The molecule has 3 saturated carbocycles. The largest absolute Gasteiger partial charge is 0.395 e. The van der Waals surface area contributed by atoms with Crippen molar-refractivity contribution in [1.29, 1.82) is 0 Å². The van der Waals surface area contributed by atoms with Crippen LogP contribution in [-0.2, 0) is 23.7 Å². The fourth-order valence-electron chi connectivity index (χ4n) is 6.29. The Morgan fingerprint density at radius 1 is 1.07 bits per heavy atom. The summed E-state index contributed by atoms with van der Waals surface area (Å²) in [6.45, 7) is 1.05. The molecule has 0 aromatic heterocycles. The molecular formula is C17H26O10. The molecule has 4 saturated heterocycles. The van der Waals surface area contributed by atoms with Crippen LogP contribution in [0.3, 0.4) is 0 Å². The van der Waals surface area contributed by atoms with E-state index in [4.69, 9.17) is 23.7 Å². The van der Waals surface area contributed by atoms with Crippen molar-refractivity contribution in [2.24, 2.45) is 11.3 Å².